The Morgan fingerprint density at radius 1 is 1.30 bits per heavy atom. The van der Waals surface area contributed by atoms with E-state index in [2.05, 4.69) is 0 Å². The normalized spacial score (nSPS) is 10.3. The van der Waals surface area contributed by atoms with Crippen LogP contribution in [0, 0.1) is 15.9 Å². The highest BCUT2D eigenvalue weighted by atomic mass is 35.5. The molecule has 0 unspecified atom stereocenters. The van der Waals surface area contributed by atoms with E-state index in [0.29, 0.717) is 11.6 Å². The first-order chi connectivity index (χ1) is 9.52. The molecule has 2 aromatic rings. The van der Waals surface area contributed by atoms with E-state index in [1.807, 2.05) is 0 Å². The van der Waals surface area contributed by atoms with Crippen LogP contribution >= 0.6 is 11.6 Å². The number of ether oxygens (including phenoxy) is 1. The number of para-hydroxylation sites is 1. The molecule has 0 aliphatic rings. The van der Waals surface area contributed by atoms with Gasteiger partial charge in [-0.05, 0) is 6.07 Å². The Morgan fingerprint density at radius 3 is 2.65 bits per heavy atom. The highest BCUT2D eigenvalue weighted by Crippen LogP contribution is 2.36. The van der Waals surface area contributed by atoms with Gasteiger partial charge in [-0.1, -0.05) is 29.8 Å². The molecule has 0 atom stereocenters. The van der Waals surface area contributed by atoms with E-state index >= 15 is 0 Å². The lowest BCUT2D eigenvalue weighted by Gasteiger charge is -2.10. The van der Waals surface area contributed by atoms with Gasteiger partial charge in [0.25, 0.3) is 0 Å². The van der Waals surface area contributed by atoms with E-state index in [0.717, 1.165) is 6.07 Å². The third-order valence-electron chi connectivity index (χ3n) is 2.56. The number of nitrogens with zero attached hydrogens (tertiary/aromatic N) is 1. The molecule has 2 aromatic carbocycles. The number of aliphatic hydroxyl groups is 1. The molecular weight excluding hydrogens is 289 g/mol. The molecule has 2 rings (SSSR count). The van der Waals surface area contributed by atoms with Crippen LogP contribution in [0.3, 0.4) is 0 Å². The monoisotopic (exact) mass is 297 g/mol. The molecule has 0 radical (unpaired) electrons. The van der Waals surface area contributed by atoms with E-state index in [-0.39, 0.29) is 23.1 Å². The van der Waals surface area contributed by atoms with Gasteiger partial charge >= 0.3 is 5.69 Å². The molecule has 0 aromatic heterocycles. The van der Waals surface area contributed by atoms with Gasteiger partial charge in [0.2, 0.25) is 5.75 Å². The number of aliphatic hydroxyl groups excluding tert-OH is 1. The molecule has 0 fully saturated rings. The molecule has 7 heteroatoms. The minimum atomic E-state index is -0.902. The molecule has 0 saturated heterocycles. The van der Waals surface area contributed by atoms with Crippen LogP contribution < -0.4 is 4.74 Å². The second-order valence-electron chi connectivity index (χ2n) is 3.86. The lowest BCUT2D eigenvalue weighted by molar-refractivity contribution is -0.385. The van der Waals surface area contributed by atoms with Crippen LogP contribution in [0.25, 0.3) is 0 Å². The molecule has 0 saturated carbocycles. The minimum Gasteiger partial charge on any atom is -0.450 e. The number of nitro groups is 1. The number of hydrogen-bond donors (Lipinski definition) is 1. The maximum Gasteiger partial charge on any atom is 0.314 e. The van der Waals surface area contributed by atoms with Gasteiger partial charge in [-0.3, -0.25) is 10.1 Å². The first-order valence-electron chi connectivity index (χ1n) is 5.53. The minimum absolute atomic E-state index is 0.192. The van der Waals surface area contributed by atoms with Crippen LogP contribution in [0.4, 0.5) is 10.1 Å². The molecule has 0 heterocycles. The second-order valence-corrected chi connectivity index (χ2v) is 4.27. The number of nitro benzene ring substituents is 1. The summed E-state index contributed by atoms with van der Waals surface area (Å²) in [5.74, 6) is -0.857. The Kier molecular flexibility index (Phi) is 4.16. The molecule has 1 N–H and O–H groups in total. The van der Waals surface area contributed by atoms with Crippen molar-refractivity contribution >= 4 is 17.3 Å². The standard InChI is InChI=1S/C13H9ClFNO4/c14-9-5-13(11(16(18)19)6-10(9)15)20-12-4-2-1-3-8(12)7-17/h1-6,17H,7H2. The van der Waals surface area contributed by atoms with E-state index in [9.17, 15) is 19.6 Å². The Hall–Kier alpha value is -2.18. The topological polar surface area (TPSA) is 72.6 Å². The zero-order valence-corrected chi connectivity index (χ0v) is 10.8. The summed E-state index contributed by atoms with van der Waals surface area (Å²) in [5, 5.41) is 19.8. The Balaban J connectivity index is 2.47. The zero-order valence-electron chi connectivity index (χ0n) is 10.0. The van der Waals surface area contributed by atoms with Crippen LogP contribution in [0.15, 0.2) is 36.4 Å². The van der Waals surface area contributed by atoms with Crippen LogP contribution in [-0.4, -0.2) is 10.0 Å². The van der Waals surface area contributed by atoms with Gasteiger partial charge in [-0.2, -0.15) is 0 Å². The van der Waals surface area contributed by atoms with Crippen molar-refractivity contribution in [3.8, 4) is 11.5 Å². The Bertz CT molecular complexity index is 663. The number of halogens is 2. The zero-order chi connectivity index (χ0) is 14.7. The molecule has 104 valence electrons. The van der Waals surface area contributed by atoms with E-state index < -0.39 is 16.4 Å². The van der Waals surface area contributed by atoms with E-state index in [4.69, 9.17) is 16.3 Å². The summed E-state index contributed by atoms with van der Waals surface area (Å²) in [6.45, 7) is -0.293. The smallest absolute Gasteiger partial charge is 0.314 e. The van der Waals surface area contributed by atoms with Gasteiger partial charge in [-0.25, -0.2) is 4.39 Å². The highest BCUT2D eigenvalue weighted by molar-refractivity contribution is 6.31. The summed E-state index contributed by atoms with van der Waals surface area (Å²) >= 11 is 5.60. The fourth-order valence-corrected chi connectivity index (χ4v) is 1.75. The molecule has 0 spiro atoms. The van der Waals surface area contributed by atoms with Gasteiger partial charge in [-0.15, -0.1) is 0 Å². The van der Waals surface area contributed by atoms with Crippen molar-refractivity contribution in [1.82, 2.24) is 0 Å². The van der Waals surface area contributed by atoms with Crippen molar-refractivity contribution < 1.29 is 19.2 Å². The van der Waals surface area contributed by atoms with Crippen LogP contribution in [0.5, 0.6) is 11.5 Å². The first-order valence-corrected chi connectivity index (χ1v) is 5.90. The van der Waals surface area contributed by atoms with Crippen LogP contribution in [-0.2, 0) is 6.61 Å². The number of hydrogen-bond acceptors (Lipinski definition) is 4. The molecule has 0 aliphatic carbocycles. The SMILES string of the molecule is O=[N+]([O-])c1cc(F)c(Cl)cc1Oc1ccccc1CO. The summed E-state index contributed by atoms with van der Waals surface area (Å²) in [4.78, 5) is 10.1. The van der Waals surface area contributed by atoms with Crippen molar-refractivity contribution in [2.75, 3.05) is 0 Å². The van der Waals surface area contributed by atoms with Crippen molar-refractivity contribution in [3.63, 3.8) is 0 Å². The predicted octanol–water partition coefficient (Wildman–Crippen LogP) is 3.67. The number of rotatable bonds is 4. The van der Waals surface area contributed by atoms with Crippen molar-refractivity contribution in [1.29, 1.82) is 0 Å². The van der Waals surface area contributed by atoms with Crippen LogP contribution in [0.1, 0.15) is 5.56 Å². The van der Waals surface area contributed by atoms with E-state index in [1.165, 1.54) is 6.07 Å². The fourth-order valence-electron chi connectivity index (χ4n) is 1.59. The summed E-state index contributed by atoms with van der Waals surface area (Å²) < 4.78 is 18.6. The van der Waals surface area contributed by atoms with Gasteiger partial charge in [0, 0.05) is 11.6 Å². The highest BCUT2D eigenvalue weighted by Gasteiger charge is 2.20. The molecule has 20 heavy (non-hydrogen) atoms. The van der Waals surface area contributed by atoms with Crippen LogP contribution in [0.2, 0.25) is 5.02 Å². The second kappa shape index (κ2) is 5.85. The summed E-state index contributed by atoms with van der Waals surface area (Å²) in [7, 11) is 0. The van der Waals surface area contributed by atoms with Crippen molar-refractivity contribution in [2.45, 2.75) is 6.61 Å². The van der Waals surface area contributed by atoms with Gasteiger partial charge in [0.15, 0.2) is 0 Å². The Morgan fingerprint density at radius 2 is 2.00 bits per heavy atom. The summed E-state index contributed by atoms with van der Waals surface area (Å²) in [6, 6.07) is 8.19. The van der Waals surface area contributed by atoms with Crippen molar-refractivity contribution in [2.24, 2.45) is 0 Å². The van der Waals surface area contributed by atoms with Gasteiger partial charge < -0.3 is 9.84 Å². The molecular formula is C13H9ClFNO4. The average Bonchev–Trinajstić information content (AvgIpc) is 2.43. The maximum atomic E-state index is 13.3. The van der Waals surface area contributed by atoms with Gasteiger partial charge in [0.05, 0.1) is 22.6 Å². The first kappa shape index (κ1) is 14.2. The fraction of sp³-hybridized carbons (Fsp3) is 0.0769. The van der Waals surface area contributed by atoms with Crippen molar-refractivity contribution in [3.05, 3.63) is 62.9 Å². The number of benzene rings is 2. The average molecular weight is 298 g/mol. The third kappa shape index (κ3) is 2.87. The molecule has 0 amide bonds. The predicted molar refractivity (Wildman–Crippen MR) is 70.5 cm³/mol. The van der Waals surface area contributed by atoms with Gasteiger partial charge in [0.1, 0.15) is 11.6 Å². The molecule has 0 aliphatic heterocycles. The lowest BCUT2D eigenvalue weighted by atomic mass is 10.2. The maximum absolute atomic E-state index is 13.3. The quantitative estimate of drug-likeness (QED) is 0.690. The lowest BCUT2D eigenvalue weighted by Crippen LogP contribution is -1.97. The molecule has 0 bridgehead atoms. The Labute approximate surface area is 118 Å². The molecule has 5 nitrogen and oxygen atoms in total. The largest absolute Gasteiger partial charge is 0.450 e. The third-order valence-corrected chi connectivity index (χ3v) is 2.85. The summed E-state index contributed by atoms with van der Waals surface area (Å²) in [5.41, 5.74) is -0.0955. The van der Waals surface area contributed by atoms with E-state index in [1.54, 1.807) is 18.2 Å². The summed E-state index contributed by atoms with van der Waals surface area (Å²) in [6.07, 6.45) is 0.